The lowest BCUT2D eigenvalue weighted by atomic mass is 9.68. The third-order valence-corrected chi connectivity index (χ3v) is 6.53. The molecule has 1 aromatic heterocycles. The second-order valence-corrected chi connectivity index (χ2v) is 7.64. The molecular formula is C16H26N2S. The molecule has 0 saturated heterocycles. The summed E-state index contributed by atoms with van der Waals surface area (Å²) in [6.07, 6.45) is 9.12. The van der Waals surface area contributed by atoms with E-state index in [-0.39, 0.29) is 5.54 Å². The van der Waals surface area contributed by atoms with Crippen molar-refractivity contribution in [2.45, 2.75) is 64.3 Å². The number of rotatable bonds is 3. The zero-order chi connectivity index (χ0) is 13.5. The quantitative estimate of drug-likeness (QED) is 0.907. The average molecular weight is 278 g/mol. The fourth-order valence-electron chi connectivity index (χ4n) is 4.17. The van der Waals surface area contributed by atoms with Gasteiger partial charge in [-0.1, -0.05) is 26.7 Å². The summed E-state index contributed by atoms with van der Waals surface area (Å²) >= 11 is 2.00. The van der Waals surface area contributed by atoms with Gasteiger partial charge >= 0.3 is 0 Å². The highest BCUT2D eigenvalue weighted by Crippen LogP contribution is 2.47. The van der Waals surface area contributed by atoms with Crippen LogP contribution in [0.4, 0.5) is 0 Å². The second kappa shape index (κ2) is 5.17. The van der Waals surface area contributed by atoms with Gasteiger partial charge in [0, 0.05) is 4.88 Å². The van der Waals surface area contributed by atoms with Gasteiger partial charge < -0.3 is 5.32 Å². The van der Waals surface area contributed by atoms with Crippen LogP contribution in [0.15, 0.2) is 0 Å². The van der Waals surface area contributed by atoms with E-state index >= 15 is 0 Å². The molecule has 1 N–H and O–H groups in total. The van der Waals surface area contributed by atoms with Crippen LogP contribution in [-0.4, -0.2) is 12.0 Å². The Morgan fingerprint density at radius 1 is 1.26 bits per heavy atom. The van der Waals surface area contributed by atoms with E-state index in [1.807, 2.05) is 11.3 Å². The Hall–Kier alpha value is -0.410. The molecular weight excluding hydrogens is 252 g/mol. The largest absolute Gasteiger partial charge is 0.308 e. The van der Waals surface area contributed by atoms with Crippen LogP contribution in [0.2, 0.25) is 0 Å². The number of thiazole rings is 1. The lowest BCUT2D eigenvalue weighted by Gasteiger charge is -2.45. The van der Waals surface area contributed by atoms with E-state index in [1.54, 1.807) is 4.88 Å². The van der Waals surface area contributed by atoms with Crippen LogP contribution >= 0.6 is 11.3 Å². The van der Waals surface area contributed by atoms with Gasteiger partial charge in [0.25, 0.3) is 0 Å². The Labute approximate surface area is 121 Å². The molecule has 1 heterocycles. The average Bonchev–Trinajstić information content (AvgIpc) is 2.99. The molecule has 2 aliphatic carbocycles. The molecule has 0 radical (unpaired) electrons. The molecule has 2 nitrogen and oxygen atoms in total. The standard InChI is InChI=1S/C16H26N2S/c1-11(2)12-7-4-5-10-16(12,17-3)15-18-13-8-6-9-14(13)19-15/h11-12,17H,4-10H2,1-3H3. The minimum absolute atomic E-state index is 0.154. The highest BCUT2D eigenvalue weighted by molar-refractivity contribution is 7.12. The maximum atomic E-state index is 5.05. The molecule has 0 aromatic carbocycles. The molecule has 2 aliphatic rings. The van der Waals surface area contributed by atoms with Crippen LogP contribution < -0.4 is 5.32 Å². The first-order valence-electron chi connectivity index (χ1n) is 7.85. The third-order valence-electron chi connectivity index (χ3n) is 5.20. The normalized spacial score (nSPS) is 30.8. The van der Waals surface area contributed by atoms with Gasteiger partial charge in [-0.2, -0.15) is 0 Å². The minimum Gasteiger partial charge on any atom is -0.308 e. The van der Waals surface area contributed by atoms with Crippen molar-refractivity contribution in [3.8, 4) is 0 Å². The zero-order valence-electron chi connectivity index (χ0n) is 12.5. The van der Waals surface area contributed by atoms with E-state index in [9.17, 15) is 0 Å². The minimum atomic E-state index is 0.154. The van der Waals surface area contributed by atoms with Crippen molar-refractivity contribution in [1.29, 1.82) is 0 Å². The van der Waals surface area contributed by atoms with Gasteiger partial charge in [0.2, 0.25) is 0 Å². The van der Waals surface area contributed by atoms with Crippen LogP contribution in [0.1, 0.15) is 61.5 Å². The van der Waals surface area contributed by atoms with Crippen LogP contribution in [0.25, 0.3) is 0 Å². The number of hydrogen-bond acceptors (Lipinski definition) is 3. The summed E-state index contributed by atoms with van der Waals surface area (Å²) in [4.78, 5) is 6.61. The molecule has 0 spiro atoms. The van der Waals surface area contributed by atoms with Gasteiger partial charge in [0.15, 0.2) is 0 Å². The number of aryl methyl sites for hydroxylation is 2. The smallest absolute Gasteiger partial charge is 0.114 e. The molecule has 2 atom stereocenters. The van der Waals surface area contributed by atoms with Gasteiger partial charge in [-0.3, -0.25) is 0 Å². The molecule has 1 saturated carbocycles. The van der Waals surface area contributed by atoms with E-state index in [4.69, 9.17) is 4.98 Å². The monoisotopic (exact) mass is 278 g/mol. The summed E-state index contributed by atoms with van der Waals surface area (Å²) in [5.41, 5.74) is 1.56. The summed E-state index contributed by atoms with van der Waals surface area (Å²) < 4.78 is 0. The fourth-order valence-corrected chi connectivity index (χ4v) is 5.61. The number of aromatic nitrogens is 1. The first kappa shape index (κ1) is 13.6. The molecule has 0 bridgehead atoms. The molecule has 1 fully saturated rings. The van der Waals surface area contributed by atoms with Crippen molar-refractivity contribution in [3.05, 3.63) is 15.6 Å². The predicted octanol–water partition coefficient (Wildman–Crippen LogP) is 3.89. The van der Waals surface area contributed by atoms with Crippen LogP contribution in [-0.2, 0) is 18.4 Å². The van der Waals surface area contributed by atoms with Gasteiger partial charge in [-0.25, -0.2) is 4.98 Å². The third kappa shape index (κ3) is 2.15. The summed E-state index contributed by atoms with van der Waals surface area (Å²) in [5, 5.41) is 5.09. The molecule has 1 aromatic rings. The first-order valence-corrected chi connectivity index (χ1v) is 8.67. The summed E-state index contributed by atoms with van der Waals surface area (Å²) in [6, 6.07) is 0. The Morgan fingerprint density at radius 2 is 2.11 bits per heavy atom. The highest BCUT2D eigenvalue weighted by atomic mass is 32.1. The molecule has 3 heteroatoms. The highest BCUT2D eigenvalue weighted by Gasteiger charge is 2.45. The number of nitrogens with one attached hydrogen (secondary N) is 1. The maximum absolute atomic E-state index is 5.05. The second-order valence-electron chi connectivity index (χ2n) is 6.56. The van der Waals surface area contributed by atoms with Crippen molar-refractivity contribution in [1.82, 2.24) is 10.3 Å². The van der Waals surface area contributed by atoms with Crippen LogP contribution in [0.5, 0.6) is 0 Å². The van der Waals surface area contributed by atoms with E-state index in [2.05, 4.69) is 26.2 Å². The molecule has 19 heavy (non-hydrogen) atoms. The van der Waals surface area contributed by atoms with Gasteiger partial charge in [-0.05, 0) is 51.0 Å². The summed E-state index contributed by atoms with van der Waals surface area (Å²) in [6.45, 7) is 4.76. The van der Waals surface area contributed by atoms with E-state index in [1.165, 1.54) is 55.6 Å². The Balaban J connectivity index is 1.99. The van der Waals surface area contributed by atoms with Crippen molar-refractivity contribution in [2.75, 3.05) is 7.05 Å². The first-order chi connectivity index (χ1) is 9.17. The topological polar surface area (TPSA) is 24.9 Å². The Bertz CT molecular complexity index is 430. The zero-order valence-corrected chi connectivity index (χ0v) is 13.3. The lowest BCUT2D eigenvalue weighted by Crippen LogP contribution is -2.50. The van der Waals surface area contributed by atoms with Gasteiger partial charge in [0.1, 0.15) is 5.01 Å². The summed E-state index contributed by atoms with van der Waals surface area (Å²) in [5.74, 6) is 1.46. The molecule has 0 amide bonds. The van der Waals surface area contributed by atoms with E-state index in [0.29, 0.717) is 0 Å². The van der Waals surface area contributed by atoms with Gasteiger partial charge in [-0.15, -0.1) is 11.3 Å². The summed E-state index contributed by atoms with van der Waals surface area (Å²) in [7, 11) is 2.15. The fraction of sp³-hybridized carbons (Fsp3) is 0.812. The number of nitrogens with zero attached hydrogens (tertiary/aromatic N) is 1. The van der Waals surface area contributed by atoms with E-state index in [0.717, 1.165) is 11.8 Å². The lowest BCUT2D eigenvalue weighted by molar-refractivity contribution is 0.108. The van der Waals surface area contributed by atoms with Crippen molar-refractivity contribution in [2.24, 2.45) is 11.8 Å². The van der Waals surface area contributed by atoms with Gasteiger partial charge in [0.05, 0.1) is 11.2 Å². The Kier molecular flexibility index (Phi) is 3.69. The van der Waals surface area contributed by atoms with E-state index < -0.39 is 0 Å². The SMILES string of the molecule is CNC1(c2nc3c(s2)CCC3)CCCCC1C(C)C. The predicted molar refractivity (Wildman–Crippen MR) is 81.7 cm³/mol. The van der Waals surface area contributed by atoms with Crippen LogP contribution in [0, 0.1) is 11.8 Å². The maximum Gasteiger partial charge on any atom is 0.114 e. The van der Waals surface area contributed by atoms with Crippen molar-refractivity contribution >= 4 is 11.3 Å². The number of hydrogen-bond donors (Lipinski definition) is 1. The van der Waals surface area contributed by atoms with Crippen LogP contribution in [0.3, 0.4) is 0 Å². The number of fused-ring (bicyclic) bond motifs is 1. The molecule has 3 rings (SSSR count). The van der Waals surface area contributed by atoms with Crippen molar-refractivity contribution in [3.63, 3.8) is 0 Å². The molecule has 2 unspecified atom stereocenters. The molecule has 106 valence electrons. The molecule has 0 aliphatic heterocycles. The van der Waals surface area contributed by atoms with Crippen molar-refractivity contribution < 1.29 is 0 Å². The Morgan fingerprint density at radius 3 is 2.79 bits per heavy atom.